The van der Waals surface area contributed by atoms with Gasteiger partial charge in [0.15, 0.2) is 0 Å². The highest BCUT2D eigenvalue weighted by Crippen LogP contribution is 2.37. The second-order valence-electron chi connectivity index (χ2n) is 6.47. The van der Waals surface area contributed by atoms with Crippen LogP contribution >= 0.6 is 0 Å². The van der Waals surface area contributed by atoms with Crippen LogP contribution in [0.4, 0.5) is 4.39 Å². The summed E-state index contributed by atoms with van der Waals surface area (Å²) in [5.41, 5.74) is 0.870. The van der Waals surface area contributed by atoms with Crippen LogP contribution in [-0.2, 0) is 16.6 Å². The molecule has 3 heterocycles. The number of halogens is 1. The molecule has 1 saturated heterocycles. The van der Waals surface area contributed by atoms with Crippen LogP contribution in [0.1, 0.15) is 18.0 Å². The third kappa shape index (κ3) is 2.48. The lowest BCUT2D eigenvalue weighted by Crippen LogP contribution is -2.48. The molecular formula is C17H17FN2O3S. The molecule has 1 aromatic carbocycles. The van der Waals surface area contributed by atoms with Gasteiger partial charge in [-0.15, -0.1) is 0 Å². The van der Waals surface area contributed by atoms with E-state index in [0.29, 0.717) is 19.6 Å². The predicted molar refractivity (Wildman–Crippen MR) is 86.7 cm³/mol. The van der Waals surface area contributed by atoms with Crippen molar-refractivity contribution in [3.05, 3.63) is 64.3 Å². The molecule has 24 heavy (non-hydrogen) atoms. The highest BCUT2D eigenvalue weighted by Gasteiger charge is 2.39. The van der Waals surface area contributed by atoms with Gasteiger partial charge in [0.2, 0.25) is 10.0 Å². The Morgan fingerprint density at radius 3 is 2.50 bits per heavy atom. The summed E-state index contributed by atoms with van der Waals surface area (Å²) in [6.45, 7) is 1.28. The van der Waals surface area contributed by atoms with Gasteiger partial charge in [0, 0.05) is 37.3 Å². The van der Waals surface area contributed by atoms with Gasteiger partial charge in [0.05, 0.1) is 4.90 Å². The van der Waals surface area contributed by atoms with E-state index in [1.165, 1.54) is 22.5 Å². The first-order valence-electron chi connectivity index (χ1n) is 7.90. The van der Waals surface area contributed by atoms with Gasteiger partial charge in [-0.25, -0.2) is 12.8 Å². The van der Waals surface area contributed by atoms with Crippen molar-refractivity contribution in [3.63, 3.8) is 0 Å². The molecule has 2 bridgehead atoms. The fourth-order valence-corrected chi connectivity index (χ4v) is 5.37. The van der Waals surface area contributed by atoms with Crippen molar-refractivity contribution < 1.29 is 12.8 Å². The lowest BCUT2D eigenvalue weighted by Gasteiger charge is -2.42. The minimum absolute atomic E-state index is 0.0154. The summed E-state index contributed by atoms with van der Waals surface area (Å²) in [6.07, 6.45) is 0.888. The molecule has 0 N–H and O–H groups in total. The monoisotopic (exact) mass is 348 g/mol. The van der Waals surface area contributed by atoms with Crippen molar-refractivity contribution >= 4 is 10.0 Å². The molecule has 2 aromatic rings. The first-order valence-corrected chi connectivity index (χ1v) is 9.34. The Kier molecular flexibility index (Phi) is 3.58. The Balaban J connectivity index is 1.69. The van der Waals surface area contributed by atoms with Gasteiger partial charge in [-0.3, -0.25) is 4.79 Å². The van der Waals surface area contributed by atoms with E-state index in [1.807, 2.05) is 6.07 Å². The van der Waals surface area contributed by atoms with E-state index in [-0.39, 0.29) is 22.3 Å². The van der Waals surface area contributed by atoms with Crippen LogP contribution in [-0.4, -0.2) is 30.4 Å². The SMILES string of the molecule is O=c1cccc2n1C[C@@H]1C[C@H]2CN(S(=O)(=O)c2ccc(F)cc2)C1. The molecule has 1 fully saturated rings. The van der Waals surface area contributed by atoms with Gasteiger partial charge < -0.3 is 4.57 Å². The molecule has 0 amide bonds. The number of benzene rings is 1. The number of fused-ring (bicyclic) bond motifs is 4. The number of aromatic nitrogens is 1. The van der Waals surface area contributed by atoms with Crippen LogP contribution in [0.2, 0.25) is 0 Å². The molecule has 0 spiro atoms. The van der Waals surface area contributed by atoms with E-state index in [0.717, 1.165) is 24.2 Å². The molecule has 2 atom stereocenters. The molecular weight excluding hydrogens is 331 g/mol. The maximum absolute atomic E-state index is 13.1. The van der Waals surface area contributed by atoms with Crippen LogP contribution in [0, 0.1) is 11.7 Å². The van der Waals surface area contributed by atoms with Gasteiger partial charge in [0.1, 0.15) is 5.82 Å². The Labute approximate surface area is 139 Å². The van der Waals surface area contributed by atoms with Crippen LogP contribution in [0.15, 0.2) is 52.2 Å². The number of rotatable bonds is 2. The Morgan fingerprint density at radius 1 is 1.00 bits per heavy atom. The fourth-order valence-electron chi connectivity index (χ4n) is 3.80. The number of hydrogen-bond donors (Lipinski definition) is 0. The predicted octanol–water partition coefficient (Wildman–Crippen LogP) is 1.80. The molecule has 0 aliphatic carbocycles. The maximum atomic E-state index is 13.1. The first-order chi connectivity index (χ1) is 11.4. The second kappa shape index (κ2) is 5.53. The van der Waals surface area contributed by atoms with E-state index < -0.39 is 15.8 Å². The molecule has 0 unspecified atom stereocenters. The lowest BCUT2D eigenvalue weighted by atomic mass is 9.84. The van der Waals surface area contributed by atoms with Crippen molar-refractivity contribution in [2.45, 2.75) is 23.8 Å². The zero-order valence-electron chi connectivity index (χ0n) is 12.9. The summed E-state index contributed by atoms with van der Waals surface area (Å²) in [5.74, 6) is -0.328. The summed E-state index contributed by atoms with van der Waals surface area (Å²) in [7, 11) is -3.65. The zero-order chi connectivity index (χ0) is 16.9. The average Bonchev–Trinajstić information content (AvgIpc) is 2.56. The Bertz CT molecular complexity index is 937. The Hall–Kier alpha value is -1.99. The lowest BCUT2D eigenvalue weighted by molar-refractivity contribution is 0.186. The van der Waals surface area contributed by atoms with Gasteiger partial charge in [-0.2, -0.15) is 4.31 Å². The third-order valence-electron chi connectivity index (χ3n) is 4.90. The fraction of sp³-hybridized carbons (Fsp3) is 0.353. The normalized spacial score (nSPS) is 23.7. The molecule has 0 saturated carbocycles. The van der Waals surface area contributed by atoms with Gasteiger partial charge in [-0.05, 0) is 42.7 Å². The molecule has 2 aliphatic heterocycles. The van der Waals surface area contributed by atoms with Gasteiger partial charge in [0.25, 0.3) is 5.56 Å². The second-order valence-corrected chi connectivity index (χ2v) is 8.41. The van der Waals surface area contributed by atoms with Crippen molar-refractivity contribution in [1.29, 1.82) is 0 Å². The van der Waals surface area contributed by atoms with Crippen molar-refractivity contribution in [2.75, 3.05) is 13.1 Å². The molecule has 0 radical (unpaired) electrons. The van der Waals surface area contributed by atoms with E-state index in [9.17, 15) is 17.6 Å². The van der Waals surface area contributed by atoms with E-state index in [1.54, 1.807) is 10.6 Å². The molecule has 4 rings (SSSR count). The van der Waals surface area contributed by atoms with Crippen LogP contribution in [0.3, 0.4) is 0 Å². The number of sulfonamides is 1. The molecule has 5 nitrogen and oxygen atoms in total. The van der Waals surface area contributed by atoms with E-state index in [2.05, 4.69) is 0 Å². The van der Waals surface area contributed by atoms with Crippen LogP contribution in [0.25, 0.3) is 0 Å². The quantitative estimate of drug-likeness (QED) is 0.831. The number of nitrogens with zero attached hydrogens (tertiary/aromatic N) is 2. The largest absolute Gasteiger partial charge is 0.312 e. The summed E-state index contributed by atoms with van der Waals surface area (Å²) >= 11 is 0. The zero-order valence-corrected chi connectivity index (χ0v) is 13.7. The van der Waals surface area contributed by atoms with Crippen LogP contribution < -0.4 is 5.56 Å². The summed E-state index contributed by atoms with van der Waals surface area (Å²) < 4.78 is 42.0. The number of hydrogen-bond acceptors (Lipinski definition) is 3. The molecule has 7 heteroatoms. The van der Waals surface area contributed by atoms with Crippen molar-refractivity contribution in [1.82, 2.24) is 8.87 Å². The van der Waals surface area contributed by atoms with Gasteiger partial charge >= 0.3 is 0 Å². The van der Waals surface area contributed by atoms with Gasteiger partial charge in [-0.1, -0.05) is 6.07 Å². The highest BCUT2D eigenvalue weighted by atomic mass is 32.2. The first kappa shape index (κ1) is 15.5. The number of piperidine rings is 1. The maximum Gasteiger partial charge on any atom is 0.250 e. The Morgan fingerprint density at radius 2 is 1.75 bits per heavy atom. The summed E-state index contributed by atoms with van der Waals surface area (Å²) in [5, 5.41) is 0. The minimum atomic E-state index is -3.65. The van der Waals surface area contributed by atoms with Crippen molar-refractivity contribution in [2.24, 2.45) is 5.92 Å². The number of pyridine rings is 1. The summed E-state index contributed by atoms with van der Waals surface area (Å²) in [4.78, 5) is 12.1. The van der Waals surface area contributed by atoms with Crippen LogP contribution in [0.5, 0.6) is 0 Å². The smallest absolute Gasteiger partial charge is 0.250 e. The topological polar surface area (TPSA) is 59.4 Å². The molecule has 126 valence electrons. The van der Waals surface area contributed by atoms with E-state index in [4.69, 9.17) is 0 Å². The average molecular weight is 348 g/mol. The third-order valence-corrected chi connectivity index (χ3v) is 6.74. The minimum Gasteiger partial charge on any atom is -0.312 e. The molecule has 2 aliphatic rings. The van der Waals surface area contributed by atoms with E-state index >= 15 is 0 Å². The standard InChI is InChI=1S/C17H17FN2O3S/c18-14-4-6-15(7-5-14)24(22,23)19-9-12-8-13(11-19)16-2-1-3-17(21)20(16)10-12/h1-7,12-13H,8-11H2/t12-,13+/m1/s1. The summed E-state index contributed by atoms with van der Waals surface area (Å²) in [6, 6.07) is 10.1. The molecule has 1 aromatic heterocycles. The van der Waals surface area contributed by atoms with Crippen molar-refractivity contribution in [3.8, 4) is 0 Å². The highest BCUT2D eigenvalue weighted by molar-refractivity contribution is 7.89.